The molecule has 1 aliphatic rings. The van der Waals surface area contributed by atoms with Gasteiger partial charge in [0, 0.05) is 17.2 Å². The number of hydrazine groups is 1. The first-order valence-electron chi connectivity index (χ1n) is 10.7. The SMILES string of the molecule is COc1ccc(C(=O)[C@@H](C)N(C(=O)c2ccc(Cl)c(Cl)c2)N2C(=O)c3cccc([N+](=O)[O-])c3C2=O)cc1. The average molecular weight is 542 g/mol. The summed E-state index contributed by atoms with van der Waals surface area (Å²) < 4.78 is 5.10. The molecule has 0 radical (unpaired) electrons. The van der Waals surface area contributed by atoms with Crippen LogP contribution in [0.4, 0.5) is 5.69 Å². The maximum Gasteiger partial charge on any atom is 0.287 e. The molecule has 0 unspecified atom stereocenters. The van der Waals surface area contributed by atoms with Crippen molar-refractivity contribution in [3.63, 3.8) is 0 Å². The van der Waals surface area contributed by atoms with E-state index in [4.69, 9.17) is 27.9 Å². The van der Waals surface area contributed by atoms with E-state index in [0.717, 1.165) is 6.07 Å². The first-order valence-corrected chi connectivity index (χ1v) is 11.4. The maximum absolute atomic E-state index is 13.7. The van der Waals surface area contributed by atoms with E-state index in [-0.39, 0.29) is 26.7 Å². The Kier molecular flexibility index (Phi) is 6.97. The Hall–Kier alpha value is -4.28. The molecule has 0 bridgehead atoms. The summed E-state index contributed by atoms with van der Waals surface area (Å²) in [6, 6.07) is 12.1. The van der Waals surface area contributed by atoms with Crippen molar-refractivity contribution in [3.05, 3.63) is 103 Å². The van der Waals surface area contributed by atoms with Crippen LogP contribution < -0.4 is 4.74 Å². The van der Waals surface area contributed by atoms with Gasteiger partial charge in [0.05, 0.1) is 27.6 Å². The lowest BCUT2D eigenvalue weighted by Gasteiger charge is -2.34. The lowest BCUT2D eigenvalue weighted by atomic mass is 10.0. The third-order valence-corrected chi connectivity index (χ3v) is 6.52. The number of halogens is 2. The fourth-order valence-electron chi connectivity index (χ4n) is 3.91. The molecule has 4 rings (SSSR count). The largest absolute Gasteiger partial charge is 0.497 e. The first kappa shape index (κ1) is 25.8. The summed E-state index contributed by atoms with van der Waals surface area (Å²) in [4.78, 5) is 64.6. The fourth-order valence-corrected chi connectivity index (χ4v) is 4.21. The highest BCUT2D eigenvalue weighted by Gasteiger charge is 2.48. The van der Waals surface area contributed by atoms with Crippen LogP contribution in [0.25, 0.3) is 0 Å². The molecule has 12 heteroatoms. The van der Waals surface area contributed by atoms with E-state index < -0.39 is 45.7 Å². The van der Waals surface area contributed by atoms with Gasteiger partial charge in [-0.2, -0.15) is 5.01 Å². The first-order chi connectivity index (χ1) is 17.6. The van der Waals surface area contributed by atoms with Gasteiger partial charge in [-0.1, -0.05) is 29.3 Å². The number of Topliss-reactive ketones (excluding diaryl/α,β-unsaturated/α-hetero) is 1. The normalized spacial score (nSPS) is 13.2. The second-order valence-corrected chi connectivity index (χ2v) is 8.74. The third kappa shape index (κ3) is 4.52. The number of nitro benzene ring substituents is 1. The number of carbonyl (C=O) groups is 4. The summed E-state index contributed by atoms with van der Waals surface area (Å²) >= 11 is 12.0. The molecule has 10 nitrogen and oxygen atoms in total. The van der Waals surface area contributed by atoms with Gasteiger partial charge >= 0.3 is 0 Å². The molecule has 0 N–H and O–H groups in total. The minimum Gasteiger partial charge on any atom is -0.497 e. The van der Waals surface area contributed by atoms with Gasteiger partial charge in [-0.05, 0) is 55.5 Å². The summed E-state index contributed by atoms with van der Waals surface area (Å²) in [7, 11) is 1.46. The Morgan fingerprint density at radius 3 is 2.22 bits per heavy atom. The van der Waals surface area contributed by atoms with Crippen molar-refractivity contribution < 1.29 is 28.8 Å². The van der Waals surface area contributed by atoms with Crippen LogP contribution in [0.15, 0.2) is 60.7 Å². The molecule has 1 atom stereocenters. The number of benzene rings is 3. The van der Waals surface area contributed by atoms with Crippen LogP contribution in [0.2, 0.25) is 10.0 Å². The molecule has 0 saturated carbocycles. The van der Waals surface area contributed by atoms with Gasteiger partial charge in [0.15, 0.2) is 5.78 Å². The number of amides is 3. The van der Waals surface area contributed by atoms with Crippen molar-refractivity contribution in [2.45, 2.75) is 13.0 Å². The van der Waals surface area contributed by atoms with Gasteiger partial charge in [-0.15, -0.1) is 0 Å². The third-order valence-electron chi connectivity index (χ3n) is 5.78. The molecule has 3 amide bonds. The highest BCUT2D eigenvalue weighted by atomic mass is 35.5. The summed E-state index contributed by atoms with van der Waals surface area (Å²) in [6.07, 6.45) is 0. The van der Waals surface area contributed by atoms with E-state index in [9.17, 15) is 29.3 Å². The number of nitrogens with zero attached hydrogens (tertiary/aromatic N) is 3. The van der Waals surface area contributed by atoms with Gasteiger partial charge in [0.2, 0.25) is 0 Å². The number of hydrogen-bond donors (Lipinski definition) is 0. The van der Waals surface area contributed by atoms with Crippen molar-refractivity contribution >= 4 is 52.4 Å². The van der Waals surface area contributed by atoms with Gasteiger partial charge in [0.1, 0.15) is 17.4 Å². The monoisotopic (exact) mass is 541 g/mol. The van der Waals surface area contributed by atoms with Crippen LogP contribution in [-0.2, 0) is 0 Å². The molecule has 3 aromatic rings. The van der Waals surface area contributed by atoms with E-state index >= 15 is 0 Å². The Morgan fingerprint density at radius 2 is 1.62 bits per heavy atom. The van der Waals surface area contributed by atoms with E-state index in [0.29, 0.717) is 15.8 Å². The average Bonchev–Trinajstić information content (AvgIpc) is 3.15. The smallest absolute Gasteiger partial charge is 0.287 e. The van der Waals surface area contributed by atoms with Crippen LogP contribution in [-0.4, -0.2) is 51.6 Å². The molecule has 0 aliphatic carbocycles. The Balaban J connectivity index is 1.83. The van der Waals surface area contributed by atoms with Gasteiger partial charge in [-0.3, -0.25) is 29.3 Å². The number of ether oxygens (including phenoxy) is 1. The Labute approximate surface area is 220 Å². The van der Waals surface area contributed by atoms with Crippen molar-refractivity contribution in [3.8, 4) is 5.75 Å². The minimum absolute atomic E-state index is 0.0274. The van der Waals surface area contributed by atoms with Gasteiger partial charge in [0.25, 0.3) is 23.4 Å². The molecule has 1 heterocycles. The maximum atomic E-state index is 13.7. The van der Waals surface area contributed by atoms with Gasteiger partial charge < -0.3 is 4.74 Å². The minimum atomic E-state index is -1.39. The molecule has 0 fully saturated rings. The molecular formula is C25H17Cl2N3O7. The second-order valence-electron chi connectivity index (χ2n) is 7.93. The molecule has 3 aromatic carbocycles. The Morgan fingerprint density at radius 1 is 0.973 bits per heavy atom. The zero-order valence-corrected chi connectivity index (χ0v) is 20.8. The predicted molar refractivity (Wildman–Crippen MR) is 133 cm³/mol. The molecule has 37 heavy (non-hydrogen) atoms. The lowest BCUT2D eigenvalue weighted by molar-refractivity contribution is -0.385. The zero-order valence-electron chi connectivity index (χ0n) is 19.3. The van der Waals surface area contributed by atoms with E-state index in [1.54, 1.807) is 0 Å². The van der Waals surface area contributed by atoms with Crippen molar-refractivity contribution in [2.24, 2.45) is 0 Å². The fraction of sp³-hybridized carbons (Fsp3) is 0.120. The number of ketones is 1. The van der Waals surface area contributed by atoms with Crippen molar-refractivity contribution in [1.82, 2.24) is 10.0 Å². The van der Waals surface area contributed by atoms with Crippen LogP contribution in [0.5, 0.6) is 5.75 Å². The standard InChI is InChI=1S/C25H17Cl2N3O7/c1-13(22(31)14-6-9-16(37-2)10-7-14)28(23(32)15-8-11-18(26)19(27)12-15)29-24(33)17-4-3-5-20(30(35)36)21(17)25(29)34/h3-13H,1-2H3/t13-/m1/s1. The topological polar surface area (TPSA) is 127 Å². The number of hydrogen-bond acceptors (Lipinski definition) is 7. The van der Waals surface area contributed by atoms with Crippen LogP contribution in [0, 0.1) is 10.1 Å². The highest BCUT2D eigenvalue weighted by molar-refractivity contribution is 6.42. The molecular weight excluding hydrogens is 525 g/mol. The quantitative estimate of drug-likeness (QED) is 0.181. The van der Waals surface area contributed by atoms with E-state index in [1.165, 1.54) is 68.6 Å². The number of rotatable bonds is 7. The van der Waals surface area contributed by atoms with Gasteiger partial charge in [-0.25, -0.2) is 5.01 Å². The molecule has 0 spiro atoms. The molecule has 0 saturated heterocycles. The molecule has 0 aromatic heterocycles. The molecule has 188 valence electrons. The highest BCUT2D eigenvalue weighted by Crippen LogP contribution is 2.34. The van der Waals surface area contributed by atoms with Crippen molar-refractivity contribution in [1.29, 1.82) is 0 Å². The zero-order chi connectivity index (χ0) is 27.0. The molecule has 1 aliphatic heterocycles. The van der Waals surface area contributed by atoms with Crippen molar-refractivity contribution in [2.75, 3.05) is 7.11 Å². The Bertz CT molecular complexity index is 1470. The summed E-state index contributed by atoms with van der Waals surface area (Å²) in [5.74, 6) is -3.16. The van der Waals surface area contributed by atoms with Crippen LogP contribution >= 0.6 is 23.2 Å². The number of imide groups is 1. The number of fused-ring (bicyclic) bond motifs is 1. The summed E-state index contributed by atoms with van der Waals surface area (Å²) in [5, 5.41) is 12.9. The van der Waals surface area contributed by atoms with Crippen LogP contribution in [0.3, 0.4) is 0 Å². The summed E-state index contributed by atoms with van der Waals surface area (Å²) in [6.45, 7) is 1.33. The summed E-state index contributed by atoms with van der Waals surface area (Å²) in [5.41, 5.74) is -1.25. The van der Waals surface area contributed by atoms with E-state index in [2.05, 4.69) is 0 Å². The number of methoxy groups -OCH3 is 1. The number of carbonyl (C=O) groups excluding carboxylic acids is 4. The second kappa shape index (κ2) is 10.00. The predicted octanol–water partition coefficient (Wildman–Crippen LogP) is 4.84. The number of nitro groups is 1. The lowest BCUT2D eigenvalue weighted by Crippen LogP contribution is -2.56. The van der Waals surface area contributed by atoms with E-state index in [1.807, 2.05) is 0 Å². The van der Waals surface area contributed by atoms with Crippen LogP contribution in [0.1, 0.15) is 48.4 Å².